The smallest absolute Gasteiger partial charge is 0.335 e. The highest BCUT2D eigenvalue weighted by Gasteiger charge is 2.13. The van der Waals surface area contributed by atoms with Gasteiger partial charge in [0.2, 0.25) is 0 Å². The lowest BCUT2D eigenvalue weighted by atomic mass is 10.1. The monoisotopic (exact) mass is 299 g/mol. The van der Waals surface area contributed by atoms with E-state index in [0.29, 0.717) is 5.75 Å². The van der Waals surface area contributed by atoms with Crippen molar-refractivity contribution in [2.45, 2.75) is 19.3 Å². The predicted octanol–water partition coefficient (Wildman–Crippen LogP) is 2.96. The first-order valence-electron chi connectivity index (χ1n) is 7.31. The zero-order valence-electron chi connectivity index (χ0n) is 12.1. The van der Waals surface area contributed by atoms with Crippen LogP contribution in [0.25, 0.3) is 0 Å². The van der Waals surface area contributed by atoms with Crippen molar-refractivity contribution in [2.75, 3.05) is 18.0 Å². The number of rotatable bonds is 4. The average Bonchev–Trinajstić information content (AvgIpc) is 2.56. The molecule has 1 N–H and O–H groups in total. The number of piperidine rings is 1. The Balaban J connectivity index is 1.73. The van der Waals surface area contributed by atoms with E-state index in [9.17, 15) is 4.79 Å². The van der Waals surface area contributed by atoms with Crippen molar-refractivity contribution in [2.24, 2.45) is 0 Å². The minimum Gasteiger partial charge on any atom is -0.478 e. The van der Waals surface area contributed by atoms with Gasteiger partial charge in [0.1, 0.15) is 11.6 Å². The Morgan fingerprint density at radius 3 is 2.50 bits per heavy atom. The third-order valence-electron chi connectivity index (χ3n) is 3.61. The number of carbonyl (C=O) groups is 1. The van der Waals surface area contributed by atoms with Crippen molar-refractivity contribution >= 4 is 11.8 Å². The van der Waals surface area contributed by atoms with Crippen molar-refractivity contribution in [3.8, 4) is 11.8 Å². The number of carboxylic acids is 1. The summed E-state index contributed by atoms with van der Waals surface area (Å²) in [4.78, 5) is 21.6. The van der Waals surface area contributed by atoms with Gasteiger partial charge in [0.15, 0.2) is 0 Å². The van der Waals surface area contributed by atoms with Crippen LogP contribution in [-0.2, 0) is 0 Å². The van der Waals surface area contributed by atoms with Crippen molar-refractivity contribution in [3.63, 3.8) is 0 Å². The number of hydrogen-bond donors (Lipinski definition) is 1. The maximum Gasteiger partial charge on any atom is 0.335 e. The Bertz CT molecular complexity index is 652. The van der Waals surface area contributed by atoms with Crippen LogP contribution in [0.4, 0.5) is 5.82 Å². The molecule has 114 valence electrons. The molecule has 2 aromatic rings. The molecule has 1 aliphatic rings. The van der Waals surface area contributed by atoms with Crippen LogP contribution in [0.1, 0.15) is 29.6 Å². The molecule has 1 aliphatic heterocycles. The van der Waals surface area contributed by atoms with Gasteiger partial charge < -0.3 is 14.7 Å². The molecular weight excluding hydrogens is 282 g/mol. The first kappa shape index (κ1) is 14.3. The lowest BCUT2D eigenvalue weighted by molar-refractivity contribution is 0.0697. The zero-order valence-corrected chi connectivity index (χ0v) is 12.1. The van der Waals surface area contributed by atoms with Gasteiger partial charge in [0.25, 0.3) is 0 Å². The quantitative estimate of drug-likeness (QED) is 0.935. The Morgan fingerprint density at radius 2 is 1.82 bits per heavy atom. The number of nitrogens with zero attached hydrogens (tertiary/aromatic N) is 3. The van der Waals surface area contributed by atoms with Crippen LogP contribution in [0.15, 0.2) is 36.5 Å². The van der Waals surface area contributed by atoms with Crippen LogP contribution in [-0.4, -0.2) is 34.1 Å². The van der Waals surface area contributed by atoms with Gasteiger partial charge >= 0.3 is 12.0 Å². The van der Waals surface area contributed by atoms with Crippen LogP contribution in [0.5, 0.6) is 11.8 Å². The number of carboxylic acid groups (broad SMARTS) is 1. The summed E-state index contributed by atoms with van der Waals surface area (Å²) >= 11 is 0. The fraction of sp³-hybridized carbons (Fsp3) is 0.312. The number of aromatic carboxylic acids is 1. The zero-order chi connectivity index (χ0) is 15.4. The largest absolute Gasteiger partial charge is 0.478 e. The van der Waals surface area contributed by atoms with Gasteiger partial charge in [0.05, 0.1) is 5.56 Å². The maximum absolute atomic E-state index is 10.8. The minimum absolute atomic E-state index is 0.218. The standard InChI is InChI=1S/C16H17N3O3/c20-15(21)12-4-6-13(7-5-12)22-16-17-9-8-14(18-16)19-10-2-1-3-11-19/h4-9H,1-3,10-11H2,(H,20,21). The van der Waals surface area contributed by atoms with Gasteiger partial charge in [-0.2, -0.15) is 4.98 Å². The summed E-state index contributed by atoms with van der Waals surface area (Å²) in [6, 6.07) is 8.33. The van der Waals surface area contributed by atoms with Gasteiger partial charge in [-0.15, -0.1) is 0 Å². The lowest BCUT2D eigenvalue weighted by Crippen LogP contribution is -2.30. The molecule has 3 rings (SSSR count). The molecular formula is C16H17N3O3. The highest BCUT2D eigenvalue weighted by atomic mass is 16.5. The molecule has 0 unspecified atom stereocenters. The maximum atomic E-state index is 10.8. The second-order valence-electron chi connectivity index (χ2n) is 5.18. The van der Waals surface area contributed by atoms with E-state index in [1.54, 1.807) is 18.3 Å². The van der Waals surface area contributed by atoms with E-state index in [1.165, 1.54) is 31.4 Å². The normalized spacial score (nSPS) is 14.6. The van der Waals surface area contributed by atoms with Crippen LogP contribution >= 0.6 is 0 Å². The van der Waals surface area contributed by atoms with Gasteiger partial charge in [-0.1, -0.05) is 0 Å². The lowest BCUT2D eigenvalue weighted by Gasteiger charge is -2.27. The van der Waals surface area contributed by atoms with Crippen LogP contribution in [0, 0.1) is 0 Å². The second-order valence-corrected chi connectivity index (χ2v) is 5.18. The number of benzene rings is 1. The molecule has 1 fully saturated rings. The molecule has 0 spiro atoms. The SMILES string of the molecule is O=C(O)c1ccc(Oc2nccc(N3CCCCC3)n2)cc1. The Labute approximate surface area is 128 Å². The molecule has 2 heterocycles. The summed E-state index contributed by atoms with van der Waals surface area (Å²) in [5, 5.41) is 8.88. The van der Waals surface area contributed by atoms with E-state index >= 15 is 0 Å². The predicted molar refractivity (Wildman–Crippen MR) is 81.6 cm³/mol. The number of hydrogen-bond acceptors (Lipinski definition) is 5. The molecule has 0 aliphatic carbocycles. The minimum atomic E-state index is -0.963. The van der Waals surface area contributed by atoms with E-state index in [0.717, 1.165) is 18.9 Å². The summed E-state index contributed by atoms with van der Waals surface area (Å²) in [6.07, 6.45) is 5.30. The molecule has 0 bridgehead atoms. The third kappa shape index (κ3) is 3.33. The summed E-state index contributed by atoms with van der Waals surface area (Å²) in [5.41, 5.74) is 0.218. The summed E-state index contributed by atoms with van der Waals surface area (Å²) < 4.78 is 5.60. The number of anilines is 1. The molecule has 0 saturated carbocycles. The Kier molecular flexibility index (Phi) is 4.18. The topological polar surface area (TPSA) is 75.6 Å². The fourth-order valence-electron chi connectivity index (χ4n) is 2.45. The van der Waals surface area contributed by atoms with Crippen LogP contribution < -0.4 is 9.64 Å². The first-order chi connectivity index (χ1) is 10.7. The van der Waals surface area contributed by atoms with Crippen molar-refractivity contribution < 1.29 is 14.6 Å². The second kappa shape index (κ2) is 6.43. The summed E-state index contributed by atoms with van der Waals surface area (Å²) in [5.74, 6) is 0.419. The van der Waals surface area contributed by atoms with Crippen LogP contribution in [0.3, 0.4) is 0 Å². The van der Waals surface area contributed by atoms with E-state index in [1.807, 2.05) is 6.07 Å². The summed E-state index contributed by atoms with van der Waals surface area (Å²) in [7, 11) is 0. The highest BCUT2D eigenvalue weighted by molar-refractivity contribution is 5.87. The molecule has 0 atom stereocenters. The highest BCUT2D eigenvalue weighted by Crippen LogP contribution is 2.22. The molecule has 1 saturated heterocycles. The number of ether oxygens (including phenoxy) is 1. The van der Waals surface area contributed by atoms with Crippen molar-refractivity contribution in [1.82, 2.24) is 9.97 Å². The van der Waals surface area contributed by atoms with Gasteiger partial charge in [-0.05, 0) is 49.6 Å². The molecule has 0 radical (unpaired) electrons. The molecule has 0 amide bonds. The summed E-state index contributed by atoms with van der Waals surface area (Å²) in [6.45, 7) is 2.01. The third-order valence-corrected chi connectivity index (χ3v) is 3.61. The van der Waals surface area contributed by atoms with Gasteiger partial charge in [-0.25, -0.2) is 9.78 Å². The van der Waals surface area contributed by atoms with Crippen molar-refractivity contribution in [3.05, 3.63) is 42.1 Å². The molecule has 1 aromatic heterocycles. The fourth-order valence-corrected chi connectivity index (χ4v) is 2.45. The first-order valence-corrected chi connectivity index (χ1v) is 7.31. The van der Waals surface area contributed by atoms with Crippen LogP contribution in [0.2, 0.25) is 0 Å². The van der Waals surface area contributed by atoms with Gasteiger partial charge in [-0.3, -0.25) is 0 Å². The van der Waals surface area contributed by atoms with E-state index < -0.39 is 5.97 Å². The van der Waals surface area contributed by atoms with Crippen molar-refractivity contribution in [1.29, 1.82) is 0 Å². The van der Waals surface area contributed by atoms with E-state index in [2.05, 4.69) is 14.9 Å². The molecule has 1 aromatic carbocycles. The number of aromatic nitrogens is 2. The molecule has 22 heavy (non-hydrogen) atoms. The van der Waals surface area contributed by atoms with E-state index in [-0.39, 0.29) is 11.6 Å². The van der Waals surface area contributed by atoms with E-state index in [4.69, 9.17) is 9.84 Å². The molecule has 6 heteroatoms. The Hall–Kier alpha value is -2.63. The van der Waals surface area contributed by atoms with Gasteiger partial charge in [0, 0.05) is 19.3 Å². The molecule has 6 nitrogen and oxygen atoms in total. The Morgan fingerprint density at radius 1 is 1.09 bits per heavy atom. The average molecular weight is 299 g/mol.